The normalized spacial score (nSPS) is 33.3. The average Bonchev–Trinajstić information content (AvgIpc) is 2.63. The minimum Gasteiger partial charge on any atom is -0.394 e. The van der Waals surface area contributed by atoms with Gasteiger partial charge in [0.05, 0.1) is 6.61 Å². The molecule has 1 aromatic heterocycles. The largest absolute Gasteiger partial charge is 0.429 e. The maximum Gasteiger partial charge on any atom is 0.429 e. The molecule has 1 aliphatic heterocycles. The highest BCUT2D eigenvalue weighted by atomic mass is 32.1. The lowest BCUT2D eigenvalue weighted by atomic mass is 9.95. The second-order valence-corrected chi connectivity index (χ2v) is 4.82. The molecule has 2 rings (SSSR count). The van der Waals surface area contributed by atoms with Crippen molar-refractivity contribution in [2.75, 3.05) is 6.61 Å². The van der Waals surface area contributed by atoms with E-state index in [1.165, 1.54) is 0 Å². The Kier molecular flexibility index (Phi) is 3.95. The van der Waals surface area contributed by atoms with Gasteiger partial charge in [0.15, 0.2) is 11.0 Å². The van der Waals surface area contributed by atoms with E-state index in [9.17, 15) is 27.5 Å². The van der Waals surface area contributed by atoms with E-state index < -0.39 is 47.2 Å². The molecule has 0 amide bonds. The van der Waals surface area contributed by atoms with E-state index in [4.69, 9.17) is 9.84 Å². The highest BCUT2D eigenvalue weighted by molar-refractivity contribution is 7.71. The molecular formula is C10H10F4N2O4S. The van der Waals surface area contributed by atoms with Crippen LogP contribution in [0.25, 0.3) is 0 Å². The number of aromatic nitrogens is 2. The molecule has 0 aliphatic carbocycles. The number of aliphatic hydroxyl groups is 2. The zero-order valence-electron chi connectivity index (χ0n) is 10.2. The first-order chi connectivity index (χ1) is 9.62. The third-order valence-corrected chi connectivity index (χ3v) is 3.48. The van der Waals surface area contributed by atoms with Gasteiger partial charge in [0.25, 0.3) is 11.2 Å². The van der Waals surface area contributed by atoms with Gasteiger partial charge in [-0.2, -0.15) is 13.2 Å². The summed E-state index contributed by atoms with van der Waals surface area (Å²) in [5, 5.41) is 18.4. The summed E-state index contributed by atoms with van der Waals surface area (Å²) in [5.41, 5.74) is -4.87. The van der Waals surface area contributed by atoms with E-state index in [2.05, 4.69) is 12.2 Å². The fourth-order valence-electron chi connectivity index (χ4n) is 2.09. The Labute approximate surface area is 119 Å². The van der Waals surface area contributed by atoms with Crippen LogP contribution in [0.15, 0.2) is 17.1 Å². The minimum atomic E-state index is -5.48. The average molecular weight is 330 g/mol. The smallest absolute Gasteiger partial charge is 0.394 e. The van der Waals surface area contributed by atoms with Crippen molar-refractivity contribution >= 4 is 12.2 Å². The summed E-state index contributed by atoms with van der Waals surface area (Å²) in [7, 11) is 0. The lowest BCUT2D eigenvalue weighted by Gasteiger charge is -2.31. The van der Waals surface area contributed by atoms with E-state index in [-0.39, 0.29) is 0 Å². The molecule has 1 fully saturated rings. The number of aliphatic hydroxyl groups excluding tert-OH is 2. The van der Waals surface area contributed by atoms with Crippen LogP contribution in [0.3, 0.4) is 0 Å². The number of alkyl halides is 4. The lowest BCUT2D eigenvalue weighted by Crippen LogP contribution is -2.54. The Morgan fingerprint density at radius 3 is 2.62 bits per heavy atom. The van der Waals surface area contributed by atoms with Crippen LogP contribution < -0.4 is 5.56 Å². The van der Waals surface area contributed by atoms with Gasteiger partial charge in [-0.15, -0.1) is 0 Å². The number of hydrogen-bond acceptors (Lipinski definition) is 5. The van der Waals surface area contributed by atoms with Gasteiger partial charge in [-0.1, -0.05) is 0 Å². The van der Waals surface area contributed by atoms with Crippen molar-refractivity contribution in [3.8, 4) is 0 Å². The molecule has 4 atom stereocenters. The van der Waals surface area contributed by atoms with Crippen molar-refractivity contribution in [1.29, 1.82) is 0 Å². The second kappa shape index (κ2) is 5.16. The number of rotatable bonds is 2. The number of hydrogen-bond donors (Lipinski definition) is 3. The predicted octanol–water partition coefficient (Wildman–Crippen LogP) is 0.427. The van der Waals surface area contributed by atoms with Crippen LogP contribution in [0.5, 0.6) is 0 Å². The van der Waals surface area contributed by atoms with Crippen LogP contribution >= 0.6 is 12.2 Å². The van der Waals surface area contributed by atoms with Gasteiger partial charge in [0, 0.05) is 12.3 Å². The second-order valence-electron chi connectivity index (χ2n) is 4.44. The van der Waals surface area contributed by atoms with Gasteiger partial charge in [-0.25, -0.2) is 4.39 Å². The van der Waals surface area contributed by atoms with E-state index in [0.717, 1.165) is 12.3 Å². The molecule has 6 nitrogen and oxygen atoms in total. The molecule has 1 saturated heterocycles. The fourth-order valence-corrected chi connectivity index (χ4v) is 2.34. The molecule has 21 heavy (non-hydrogen) atoms. The Morgan fingerprint density at radius 1 is 1.52 bits per heavy atom. The standard InChI is InChI=1S/C10H10F4N2O4S/c11-9(10(12,13)14)6(19)4(3-17)20-7(9)16-2-1-5(18)15-8(16)21/h1-2,4,6-7,17,19H,3H2,(H,15,18,21)/t4-,6?,7-,9-/m1/s1. The number of nitrogens with one attached hydrogen (secondary N) is 1. The molecule has 0 saturated carbocycles. The zero-order chi connectivity index (χ0) is 16.0. The van der Waals surface area contributed by atoms with E-state index in [1.807, 2.05) is 4.98 Å². The van der Waals surface area contributed by atoms with Gasteiger partial charge in [0.1, 0.15) is 12.2 Å². The topological polar surface area (TPSA) is 87.5 Å². The minimum absolute atomic E-state index is 0.510. The zero-order valence-corrected chi connectivity index (χ0v) is 11.0. The van der Waals surface area contributed by atoms with Crippen molar-refractivity contribution in [3.05, 3.63) is 27.4 Å². The van der Waals surface area contributed by atoms with Gasteiger partial charge < -0.3 is 14.9 Å². The van der Waals surface area contributed by atoms with Crippen molar-refractivity contribution in [3.63, 3.8) is 0 Å². The van der Waals surface area contributed by atoms with Crippen molar-refractivity contribution in [2.24, 2.45) is 0 Å². The summed E-state index contributed by atoms with van der Waals surface area (Å²) in [5.74, 6) is 0. The number of ether oxygens (including phenoxy) is 1. The van der Waals surface area contributed by atoms with E-state index >= 15 is 0 Å². The summed E-state index contributed by atoms with van der Waals surface area (Å²) < 4.78 is 58.4. The number of H-pyrrole nitrogens is 1. The molecular weight excluding hydrogens is 320 g/mol. The van der Waals surface area contributed by atoms with Gasteiger partial charge in [-0.05, 0) is 12.2 Å². The third kappa shape index (κ3) is 2.39. The maximum absolute atomic E-state index is 14.5. The van der Waals surface area contributed by atoms with Gasteiger partial charge in [-0.3, -0.25) is 14.3 Å². The van der Waals surface area contributed by atoms with Crippen molar-refractivity contribution in [1.82, 2.24) is 9.55 Å². The first-order valence-corrected chi connectivity index (χ1v) is 6.05. The van der Waals surface area contributed by atoms with E-state index in [0.29, 0.717) is 4.57 Å². The molecule has 3 N–H and O–H groups in total. The molecule has 0 radical (unpaired) electrons. The monoisotopic (exact) mass is 330 g/mol. The SMILES string of the molecule is O=c1ccn([C@@H]2O[C@H](CO)C(O)[C@]2(F)C(F)(F)F)c(=S)[nH]1. The Balaban J connectivity index is 2.60. The number of aromatic amines is 1. The molecule has 0 bridgehead atoms. The summed E-state index contributed by atoms with van der Waals surface area (Å²) in [6.45, 7) is -1.02. The number of halogens is 4. The quantitative estimate of drug-likeness (QED) is 0.541. The Morgan fingerprint density at radius 2 is 2.14 bits per heavy atom. The van der Waals surface area contributed by atoms with Gasteiger partial charge >= 0.3 is 6.18 Å². The molecule has 1 unspecified atom stereocenters. The molecule has 2 heterocycles. The molecule has 118 valence electrons. The summed E-state index contributed by atoms with van der Waals surface area (Å²) in [6, 6.07) is 0.828. The number of nitrogens with zero attached hydrogens (tertiary/aromatic N) is 1. The van der Waals surface area contributed by atoms with Crippen LogP contribution in [-0.4, -0.2) is 50.4 Å². The molecule has 0 aromatic carbocycles. The fraction of sp³-hybridized carbons (Fsp3) is 0.600. The van der Waals surface area contributed by atoms with Crippen molar-refractivity contribution < 1.29 is 32.5 Å². The van der Waals surface area contributed by atoms with Crippen LogP contribution in [0, 0.1) is 4.77 Å². The van der Waals surface area contributed by atoms with Crippen LogP contribution in [-0.2, 0) is 4.74 Å². The van der Waals surface area contributed by atoms with Gasteiger partial charge in [0.2, 0.25) is 0 Å². The highest BCUT2D eigenvalue weighted by Gasteiger charge is 2.72. The predicted molar refractivity (Wildman–Crippen MR) is 62.8 cm³/mol. The lowest BCUT2D eigenvalue weighted by molar-refractivity contribution is -0.273. The highest BCUT2D eigenvalue weighted by Crippen LogP contribution is 2.51. The molecule has 1 aliphatic rings. The molecule has 0 spiro atoms. The van der Waals surface area contributed by atoms with Crippen LogP contribution in [0.1, 0.15) is 6.23 Å². The summed E-state index contributed by atoms with van der Waals surface area (Å²) in [4.78, 5) is 13.0. The Bertz CT molecular complexity index is 645. The van der Waals surface area contributed by atoms with Crippen LogP contribution in [0.4, 0.5) is 17.6 Å². The molecule has 11 heteroatoms. The third-order valence-electron chi connectivity index (χ3n) is 3.16. The van der Waals surface area contributed by atoms with E-state index in [1.54, 1.807) is 0 Å². The van der Waals surface area contributed by atoms with Crippen LogP contribution in [0.2, 0.25) is 0 Å². The van der Waals surface area contributed by atoms with Crippen molar-refractivity contribution in [2.45, 2.75) is 30.3 Å². The first kappa shape index (κ1) is 16.1. The summed E-state index contributed by atoms with van der Waals surface area (Å²) in [6.07, 6.45) is -11.4. The summed E-state index contributed by atoms with van der Waals surface area (Å²) >= 11 is 4.66. The maximum atomic E-state index is 14.5. The first-order valence-electron chi connectivity index (χ1n) is 5.64. The molecule has 1 aromatic rings. The Hall–Kier alpha value is -1.30.